The molecule has 1 amide bonds. The zero-order chi connectivity index (χ0) is 19.7. The van der Waals surface area contributed by atoms with Gasteiger partial charge in [0.25, 0.3) is 5.91 Å². The third-order valence-electron chi connectivity index (χ3n) is 4.36. The Balaban J connectivity index is 1.72. The highest BCUT2D eigenvalue weighted by Gasteiger charge is 2.16. The molecule has 0 aliphatic rings. The molecule has 0 spiro atoms. The van der Waals surface area contributed by atoms with Crippen LogP contribution < -0.4 is 5.32 Å². The van der Waals surface area contributed by atoms with Gasteiger partial charge in [0.1, 0.15) is 11.3 Å². The molecule has 5 nitrogen and oxygen atoms in total. The fraction of sp³-hybridized carbons (Fsp3) is 0.0952. The van der Waals surface area contributed by atoms with Gasteiger partial charge >= 0.3 is 0 Å². The SMILES string of the molecule is CSc1cccc(NC(=O)c2ccc(Cl)c(-n3c(C)nc4cccnc43)c2)c1. The van der Waals surface area contributed by atoms with Gasteiger partial charge < -0.3 is 5.32 Å². The fourth-order valence-corrected chi connectivity index (χ4v) is 3.70. The Hall–Kier alpha value is -2.83. The maximum Gasteiger partial charge on any atom is 0.255 e. The highest BCUT2D eigenvalue weighted by atomic mass is 35.5. The number of halogens is 1. The first-order chi connectivity index (χ1) is 13.6. The summed E-state index contributed by atoms with van der Waals surface area (Å²) in [5, 5.41) is 3.46. The van der Waals surface area contributed by atoms with Gasteiger partial charge in [-0.1, -0.05) is 17.7 Å². The van der Waals surface area contributed by atoms with Crippen molar-refractivity contribution in [3.63, 3.8) is 0 Å². The van der Waals surface area contributed by atoms with E-state index in [9.17, 15) is 4.79 Å². The van der Waals surface area contributed by atoms with Crippen molar-refractivity contribution >= 4 is 46.1 Å². The van der Waals surface area contributed by atoms with E-state index < -0.39 is 0 Å². The van der Waals surface area contributed by atoms with Crippen LogP contribution in [-0.2, 0) is 0 Å². The minimum Gasteiger partial charge on any atom is -0.322 e. The van der Waals surface area contributed by atoms with Gasteiger partial charge in [0.2, 0.25) is 0 Å². The average molecular weight is 409 g/mol. The predicted octanol–water partition coefficient (Wildman–Crippen LogP) is 5.36. The monoisotopic (exact) mass is 408 g/mol. The maximum atomic E-state index is 12.8. The Kier molecular flexibility index (Phi) is 5.07. The van der Waals surface area contributed by atoms with E-state index in [0.717, 1.165) is 21.9 Å². The topological polar surface area (TPSA) is 59.8 Å². The molecule has 4 aromatic rings. The third kappa shape index (κ3) is 3.48. The summed E-state index contributed by atoms with van der Waals surface area (Å²) >= 11 is 8.08. The van der Waals surface area contributed by atoms with Crippen molar-refractivity contribution in [2.75, 3.05) is 11.6 Å². The van der Waals surface area contributed by atoms with Crippen LogP contribution in [-0.4, -0.2) is 26.7 Å². The summed E-state index contributed by atoms with van der Waals surface area (Å²) in [7, 11) is 0. The van der Waals surface area contributed by atoms with Gasteiger partial charge in [-0.25, -0.2) is 9.97 Å². The molecule has 0 aliphatic carbocycles. The number of nitrogens with zero attached hydrogens (tertiary/aromatic N) is 3. The number of nitrogens with one attached hydrogen (secondary N) is 1. The standard InChI is InChI=1S/C21H17ClN4OS/c1-13-24-18-7-4-10-23-20(18)26(13)19-11-14(8-9-17(19)22)21(27)25-15-5-3-6-16(12-15)28-2/h3-12H,1-2H3,(H,25,27). The quantitative estimate of drug-likeness (QED) is 0.462. The molecule has 7 heteroatoms. The zero-order valence-electron chi connectivity index (χ0n) is 15.3. The lowest BCUT2D eigenvalue weighted by Crippen LogP contribution is -2.12. The Morgan fingerprint density at radius 2 is 2.00 bits per heavy atom. The number of thioether (sulfide) groups is 1. The molecule has 0 radical (unpaired) electrons. The van der Waals surface area contributed by atoms with Crippen molar-refractivity contribution in [1.82, 2.24) is 14.5 Å². The number of carbonyl (C=O) groups excluding carboxylic acids is 1. The number of aryl methyl sites for hydroxylation is 1. The van der Waals surface area contributed by atoms with Gasteiger partial charge in [-0.15, -0.1) is 11.8 Å². The largest absolute Gasteiger partial charge is 0.322 e. The number of imidazole rings is 1. The number of anilines is 1. The van der Waals surface area contributed by atoms with E-state index in [1.54, 1.807) is 36.2 Å². The lowest BCUT2D eigenvalue weighted by atomic mass is 10.1. The highest BCUT2D eigenvalue weighted by molar-refractivity contribution is 7.98. The van der Waals surface area contributed by atoms with Crippen LogP contribution in [0.4, 0.5) is 5.69 Å². The van der Waals surface area contributed by atoms with E-state index in [1.807, 2.05) is 54.1 Å². The van der Waals surface area contributed by atoms with Crippen LogP contribution in [0.3, 0.4) is 0 Å². The first kappa shape index (κ1) is 18.5. The molecular weight excluding hydrogens is 392 g/mol. The third-order valence-corrected chi connectivity index (χ3v) is 5.41. The second kappa shape index (κ2) is 7.66. The number of hydrogen-bond donors (Lipinski definition) is 1. The smallest absolute Gasteiger partial charge is 0.255 e. The Bertz CT molecular complexity index is 1190. The van der Waals surface area contributed by atoms with Crippen LogP contribution >= 0.6 is 23.4 Å². The summed E-state index contributed by atoms with van der Waals surface area (Å²) < 4.78 is 1.86. The van der Waals surface area contributed by atoms with Gasteiger partial charge in [0.15, 0.2) is 5.65 Å². The molecule has 140 valence electrons. The molecule has 1 N–H and O–H groups in total. The Morgan fingerprint density at radius 1 is 1.14 bits per heavy atom. The van der Waals surface area contributed by atoms with Crippen LogP contribution in [0.2, 0.25) is 5.02 Å². The summed E-state index contributed by atoms with van der Waals surface area (Å²) in [6.45, 7) is 1.89. The number of benzene rings is 2. The van der Waals surface area contributed by atoms with Gasteiger partial charge in [-0.2, -0.15) is 0 Å². The molecular formula is C21H17ClN4OS. The number of hydrogen-bond acceptors (Lipinski definition) is 4. The van der Waals surface area contributed by atoms with Crippen molar-refractivity contribution < 1.29 is 4.79 Å². The number of rotatable bonds is 4. The molecule has 0 saturated heterocycles. The second-order valence-electron chi connectivity index (χ2n) is 6.19. The number of carbonyl (C=O) groups is 1. The summed E-state index contributed by atoms with van der Waals surface area (Å²) in [5.74, 6) is 0.548. The van der Waals surface area contributed by atoms with Crippen LogP contribution in [0.25, 0.3) is 16.9 Å². The van der Waals surface area contributed by atoms with E-state index in [1.165, 1.54) is 0 Å². The minimum atomic E-state index is -0.203. The molecule has 0 fully saturated rings. The van der Waals surface area contributed by atoms with Crippen LogP contribution in [0, 0.1) is 6.92 Å². The Labute approximate surface area is 171 Å². The number of amides is 1. The lowest BCUT2D eigenvalue weighted by Gasteiger charge is -2.12. The summed E-state index contributed by atoms with van der Waals surface area (Å²) in [6, 6.07) is 16.7. The molecule has 0 saturated carbocycles. The van der Waals surface area contributed by atoms with Crippen molar-refractivity contribution in [3.05, 3.63) is 77.2 Å². The molecule has 4 rings (SSSR count). The normalized spacial score (nSPS) is 11.0. The molecule has 0 bridgehead atoms. The second-order valence-corrected chi connectivity index (χ2v) is 7.48. The molecule has 0 unspecified atom stereocenters. The van der Waals surface area contributed by atoms with Crippen LogP contribution in [0.5, 0.6) is 0 Å². The van der Waals surface area contributed by atoms with Crippen LogP contribution in [0.15, 0.2) is 65.7 Å². The number of fused-ring (bicyclic) bond motifs is 1. The van der Waals surface area contributed by atoms with Crippen molar-refractivity contribution in [1.29, 1.82) is 0 Å². The minimum absolute atomic E-state index is 0.203. The van der Waals surface area contributed by atoms with Gasteiger partial charge in [0, 0.05) is 22.3 Å². The van der Waals surface area contributed by atoms with Crippen molar-refractivity contribution in [3.8, 4) is 5.69 Å². The first-order valence-corrected chi connectivity index (χ1v) is 10.2. The molecule has 2 heterocycles. The average Bonchev–Trinajstić information content (AvgIpc) is 3.04. The van der Waals surface area contributed by atoms with Gasteiger partial charge in [0.05, 0.1) is 10.7 Å². The fourth-order valence-electron chi connectivity index (χ4n) is 3.04. The lowest BCUT2D eigenvalue weighted by molar-refractivity contribution is 0.102. The molecule has 0 atom stereocenters. The van der Waals surface area contributed by atoms with Crippen molar-refractivity contribution in [2.24, 2.45) is 0 Å². The number of aromatic nitrogens is 3. The predicted molar refractivity (Wildman–Crippen MR) is 115 cm³/mol. The van der Waals surface area contributed by atoms with Crippen molar-refractivity contribution in [2.45, 2.75) is 11.8 Å². The molecule has 0 aliphatic heterocycles. The highest BCUT2D eigenvalue weighted by Crippen LogP contribution is 2.27. The van der Waals surface area contributed by atoms with E-state index >= 15 is 0 Å². The van der Waals surface area contributed by atoms with Gasteiger partial charge in [-0.05, 0) is 61.7 Å². The summed E-state index contributed by atoms with van der Waals surface area (Å²) in [6.07, 6.45) is 3.71. The molecule has 2 aromatic heterocycles. The maximum absolute atomic E-state index is 12.8. The van der Waals surface area contributed by atoms with E-state index in [2.05, 4.69) is 15.3 Å². The summed E-state index contributed by atoms with van der Waals surface area (Å²) in [4.78, 5) is 22.8. The Morgan fingerprint density at radius 3 is 2.82 bits per heavy atom. The van der Waals surface area contributed by atoms with E-state index in [0.29, 0.717) is 21.9 Å². The summed E-state index contributed by atoms with van der Waals surface area (Å²) in [5.41, 5.74) is 3.41. The molecule has 2 aromatic carbocycles. The first-order valence-electron chi connectivity index (χ1n) is 8.62. The van der Waals surface area contributed by atoms with Crippen LogP contribution in [0.1, 0.15) is 16.2 Å². The molecule has 28 heavy (non-hydrogen) atoms. The van der Waals surface area contributed by atoms with E-state index in [-0.39, 0.29) is 5.91 Å². The van der Waals surface area contributed by atoms with E-state index in [4.69, 9.17) is 11.6 Å². The number of pyridine rings is 1. The zero-order valence-corrected chi connectivity index (χ0v) is 16.9. The van der Waals surface area contributed by atoms with Gasteiger partial charge in [-0.3, -0.25) is 9.36 Å².